The molecule has 7 nitrogen and oxygen atoms in total. The van der Waals surface area contributed by atoms with Gasteiger partial charge in [-0.2, -0.15) is 0 Å². The Kier molecular flexibility index (Phi) is 4.53. The molecular weight excluding hydrogens is 386 g/mol. The number of hydrogen-bond acceptors (Lipinski definition) is 6. The number of carbonyl (C=O) groups excluding carboxylic acids is 2. The van der Waals surface area contributed by atoms with Crippen LogP contribution in [0.5, 0.6) is 17.2 Å². The van der Waals surface area contributed by atoms with Gasteiger partial charge in [0.25, 0.3) is 0 Å². The molecule has 156 valence electrons. The first-order valence-corrected chi connectivity index (χ1v) is 10.3. The van der Waals surface area contributed by atoms with Gasteiger partial charge in [0, 0.05) is 30.3 Å². The first kappa shape index (κ1) is 18.8. The summed E-state index contributed by atoms with van der Waals surface area (Å²) in [6.45, 7) is 3.14. The fourth-order valence-corrected chi connectivity index (χ4v) is 4.56. The maximum Gasteiger partial charge on any atom is 0.305 e. The maximum absolute atomic E-state index is 13.8. The second-order valence-corrected chi connectivity index (χ2v) is 7.63. The molecule has 0 N–H and O–H groups in total. The molecule has 0 aromatic heterocycles. The molecule has 0 bridgehead atoms. The van der Waals surface area contributed by atoms with Crippen molar-refractivity contribution < 1.29 is 28.5 Å². The topological polar surface area (TPSA) is 74.3 Å². The molecule has 2 aromatic carbocycles. The van der Waals surface area contributed by atoms with Crippen LogP contribution < -0.4 is 19.1 Å². The average Bonchev–Trinajstić information content (AvgIpc) is 3.42. The lowest BCUT2D eigenvalue weighted by molar-refractivity contribution is -0.143. The van der Waals surface area contributed by atoms with E-state index >= 15 is 0 Å². The van der Waals surface area contributed by atoms with Crippen molar-refractivity contribution in [2.45, 2.75) is 31.6 Å². The summed E-state index contributed by atoms with van der Waals surface area (Å²) in [5, 5.41) is 0. The first-order chi connectivity index (χ1) is 14.6. The monoisotopic (exact) mass is 409 g/mol. The summed E-state index contributed by atoms with van der Waals surface area (Å²) in [5.41, 5.74) is 1.78. The molecular formula is C23H23NO6. The Balaban J connectivity index is 1.44. The Bertz CT molecular complexity index is 1020. The van der Waals surface area contributed by atoms with Gasteiger partial charge in [-0.25, -0.2) is 0 Å². The van der Waals surface area contributed by atoms with Crippen LogP contribution in [0.1, 0.15) is 37.3 Å². The molecule has 5 rings (SSSR count). The molecule has 0 radical (unpaired) electrons. The van der Waals surface area contributed by atoms with Gasteiger partial charge in [-0.15, -0.1) is 0 Å². The molecule has 0 saturated carbocycles. The van der Waals surface area contributed by atoms with Crippen molar-refractivity contribution in [2.24, 2.45) is 0 Å². The summed E-state index contributed by atoms with van der Waals surface area (Å²) in [6.07, 6.45) is 1.74. The van der Waals surface area contributed by atoms with Gasteiger partial charge >= 0.3 is 5.97 Å². The molecule has 2 aromatic rings. The van der Waals surface area contributed by atoms with Crippen LogP contribution in [0.25, 0.3) is 0 Å². The number of carbonyl (C=O) groups is 2. The summed E-state index contributed by atoms with van der Waals surface area (Å²) in [5.74, 6) is 1.73. The van der Waals surface area contributed by atoms with Gasteiger partial charge in [0.2, 0.25) is 12.7 Å². The maximum atomic E-state index is 13.8. The van der Waals surface area contributed by atoms with Crippen LogP contribution >= 0.6 is 0 Å². The summed E-state index contributed by atoms with van der Waals surface area (Å²) in [7, 11) is 0. The third kappa shape index (κ3) is 2.72. The first-order valence-electron chi connectivity index (χ1n) is 10.3. The summed E-state index contributed by atoms with van der Waals surface area (Å²) in [6, 6.07) is 11.5. The van der Waals surface area contributed by atoms with E-state index in [2.05, 4.69) is 0 Å². The van der Waals surface area contributed by atoms with Gasteiger partial charge in [-0.1, -0.05) is 18.2 Å². The highest BCUT2D eigenvalue weighted by Crippen LogP contribution is 2.54. The quantitative estimate of drug-likeness (QED) is 0.539. The number of esters is 1. The minimum Gasteiger partial charge on any atom is -0.491 e. The predicted octanol–water partition coefficient (Wildman–Crippen LogP) is 3.17. The highest BCUT2D eigenvalue weighted by molar-refractivity contribution is 6.11. The van der Waals surface area contributed by atoms with Crippen molar-refractivity contribution in [3.63, 3.8) is 0 Å². The highest BCUT2D eigenvalue weighted by atomic mass is 16.7. The number of hydrogen-bond donors (Lipinski definition) is 0. The molecule has 7 heteroatoms. The summed E-state index contributed by atoms with van der Waals surface area (Å²) >= 11 is 0. The largest absolute Gasteiger partial charge is 0.491 e. The molecule has 1 atom stereocenters. The summed E-state index contributed by atoms with van der Waals surface area (Å²) < 4.78 is 22.0. The second kappa shape index (κ2) is 7.23. The zero-order valence-electron chi connectivity index (χ0n) is 16.8. The van der Waals surface area contributed by atoms with Crippen molar-refractivity contribution in [3.05, 3.63) is 47.5 Å². The van der Waals surface area contributed by atoms with Gasteiger partial charge in [-0.3, -0.25) is 9.59 Å². The van der Waals surface area contributed by atoms with E-state index in [1.54, 1.807) is 6.92 Å². The molecule has 0 fully saturated rings. The lowest BCUT2D eigenvalue weighted by Crippen LogP contribution is -2.42. The van der Waals surface area contributed by atoms with E-state index in [1.165, 1.54) is 0 Å². The predicted molar refractivity (Wildman–Crippen MR) is 108 cm³/mol. The van der Waals surface area contributed by atoms with Crippen molar-refractivity contribution in [2.75, 3.05) is 31.5 Å². The third-order valence-electron chi connectivity index (χ3n) is 5.96. The van der Waals surface area contributed by atoms with E-state index in [1.807, 2.05) is 41.3 Å². The number of ether oxygens (including phenoxy) is 4. The average molecular weight is 409 g/mol. The van der Waals surface area contributed by atoms with E-state index in [0.717, 1.165) is 16.8 Å². The molecule has 0 aliphatic carbocycles. The van der Waals surface area contributed by atoms with E-state index < -0.39 is 5.41 Å². The Hall–Kier alpha value is -3.22. The lowest BCUT2D eigenvalue weighted by atomic mass is 9.77. The van der Waals surface area contributed by atoms with Crippen molar-refractivity contribution in [1.82, 2.24) is 0 Å². The second-order valence-electron chi connectivity index (χ2n) is 7.63. The number of fused-ring (bicyclic) bond motifs is 5. The smallest absolute Gasteiger partial charge is 0.305 e. The Labute approximate surface area is 174 Å². The van der Waals surface area contributed by atoms with Crippen LogP contribution in [0.3, 0.4) is 0 Å². The molecule has 3 aliphatic rings. The summed E-state index contributed by atoms with van der Waals surface area (Å²) in [4.78, 5) is 27.2. The van der Waals surface area contributed by atoms with Crippen LogP contribution in [0.4, 0.5) is 5.69 Å². The number of benzene rings is 2. The SMILES string of the molecule is CCOC(=O)CCCCN1C(=O)C2(COc3cc4c(cc32)OCO4)c2ccccc21. The normalized spacial score (nSPS) is 20.3. The number of para-hydroxylation sites is 1. The van der Waals surface area contributed by atoms with Crippen LogP contribution in [-0.4, -0.2) is 38.4 Å². The molecule has 0 saturated heterocycles. The van der Waals surface area contributed by atoms with Gasteiger partial charge < -0.3 is 23.8 Å². The Morgan fingerprint density at radius 1 is 1.07 bits per heavy atom. The van der Waals surface area contributed by atoms with Gasteiger partial charge in [0.05, 0.1) is 6.61 Å². The minimum atomic E-state index is -0.881. The lowest BCUT2D eigenvalue weighted by Gasteiger charge is -2.23. The Morgan fingerprint density at radius 2 is 1.87 bits per heavy atom. The molecule has 3 heterocycles. The number of nitrogens with zero attached hydrogens (tertiary/aromatic N) is 1. The number of anilines is 1. The van der Waals surface area contributed by atoms with E-state index in [-0.39, 0.29) is 25.3 Å². The van der Waals surface area contributed by atoms with E-state index in [9.17, 15) is 9.59 Å². The number of amides is 1. The standard InChI is InChI=1S/C23H23NO6/c1-2-27-21(25)9-5-6-10-24-17-8-4-3-7-15(17)23(22(24)26)13-28-18-12-20-19(11-16(18)23)29-14-30-20/h3-4,7-8,11-12H,2,5-6,9-10,13-14H2,1H3. The van der Waals surface area contributed by atoms with Crippen molar-refractivity contribution >= 4 is 17.6 Å². The van der Waals surface area contributed by atoms with Crippen LogP contribution in [0.2, 0.25) is 0 Å². The van der Waals surface area contributed by atoms with E-state index in [0.29, 0.717) is 49.7 Å². The van der Waals surface area contributed by atoms with Crippen LogP contribution in [-0.2, 0) is 19.7 Å². The molecule has 1 amide bonds. The zero-order chi connectivity index (χ0) is 20.7. The molecule has 30 heavy (non-hydrogen) atoms. The van der Waals surface area contributed by atoms with E-state index in [4.69, 9.17) is 18.9 Å². The molecule has 1 unspecified atom stereocenters. The van der Waals surface area contributed by atoms with Crippen molar-refractivity contribution in [1.29, 1.82) is 0 Å². The Morgan fingerprint density at radius 3 is 2.70 bits per heavy atom. The zero-order valence-corrected chi connectivity index (χ0v) is 16.8. The highest BCUT2D eigenvalue weighted by Gasteiger charge is 2.57. The van der Waals surface area contributed by atoms with Crippen molar-refractivity contribution in [3.8, 4) is 17.2 Å². The van der Waals surface area contributed by atoms with Gasteiger partial charge in [0.15, 0.2) is 11.5 Å². The molecule has 3 aliphatic heterocycles. The van der Waals surface area contributed by atoms with Gasteiger partial charge in [0.1, 0.15) is 17.8 Å². The van der Waals surface area contributed by atoms with Gasteiger partial charge in [-0.05, 0) is 37.5 Å². The fraction of sp³-hybridized carbons (Fsp3) is 0.391. The minimum absolute atomic E-state index is 0.00236. The van der Waals surface area contributed by atoms with Crippen LogP contribution in [0.15, 0.2) is 36.4 Å². The molecule has 1 spiro atoms. The number of unbranched alkanes of at least 4 members (excludes halogenated alkanes) is 1. The fourth-order valence-electron chi connectivity index (χ4n) is 4.56. The number of rotatable bonds is 6. The van der Waals surface area contributed by atoms with Crippen LogP contribution in [0, 0.1) is 0 Å². The third-order valence-corrected chi connectivity index (χ3v) is 5.96.